The molecule has 3 heterocycles. The van der Waals surface area contributed by atoms with E-state index in [1.54, 1.807) is 18.5 Å². The summed E-state index contributed by atoms with van der Waals surface area (Å²) in [5.41, 5.74) is 8.44. The lowest BCUT2D eigenvalue weighted by atomic mass is 9.73. The van der Waals surface area contributed by atoms with Gasteiger partial charge < -0.3 is 15.2 Å². The smallest absolute Gasteiger partial charge is 0.245 e. The molecule has 1 unspecified atom stereocenters. The van der Waals surface area contributed by atoms with Gasteiger partial charge >= 0.3 is 0 Å². The molecule has 36 heavy (non-hydrogen) atoms. The van der Waals surface area contributed by atoms with Crippen molar-refractivity contribution >= 4 is 46.5 Å². The molecule has 1 fully saturated rings. The molecule has 2 aliphatic rings. The summed E-state index contributed by atoms with van der Waals surface area (Å²) < 4.78 is 16.3. The Morgan fingerprint density at radius 3 is 2.61 bits per heavy atom. The van der Waals surface area contributed by atoms with Gasteiger partial charge in [-0.25, -0.2) is 9.97 Å². The van der Waals surface area contributed by atoms with Crippen molar-refractivity contribution in [2.45, 2.75) is 60.7 Å². The highest BCUT2D eigenvalue weighted by molar-refractivity contribution is 7.99. The molecule has 1 aromatic carbocycles. The maximum atomic E-state index is 13.1. The Kier molecular flexibility index (Phi) is 7.08. The maximum absolute atomic E-state index is 13.1. The molecule has 190 valence electrons. The minimum atomic E-state index is -1.15. The van der Waals surface area contributed by atoms with Crippen LogP contribution in [-0.2, 0) is 17.8 Å². The molecule has 5 rings (SSSR count). The topological polar surface area (TPSA) is 116 Å². The van der Waals surface area contributed by atoms with Crippen LogP contribution in [0.25, 0.3) is 0 Å². The van der Waals surface area contributed by atoms with Gasteiger partial charge in [0.2, 0.25) is 5.95 Å². The van der Waals surface area contributed by atoms with E-state index in [1.807, 2.05) is 20.8 Å². The first kappa shape index (κ1) is 25.5. The highest BCUT2D eigenvalue weighted by Gasteiger charge is 2.50. The number of benzene rings is 1. The Morgan fingerprint density at radius 2 is 1.92 bits per heavy atom. The maximum Gasteiger partial charge on any atom is 0.245 e. The molecule has 0 saturated carbocycles. The van der Waals surface area contributed by atoms with E-state index in [2.05, 4.69) is 54.1 Å². The summed E-state index contributed by atoms with van der Waals surface area (Å²) in [5, 5.41) is 9.80. The normalized spacial score (nSPS) is 19.9. The summed E-state index contributed by atoms with van der Waals surface area (Å²) in [5.74, 6) is 0.905. The molecule has 1 aliphatic heterocycles. The van der Waals surface area contributed by atoms with Gasteiger partial charge in [-0.3, -0.25) is 0 Å². The number of nitrogens with two attached hydrogens (primary N) is 1. The number of pyridine rings is 1. The van der Waals surface area contributed by atoms with Gasteiger partial charge in [0.1, 0.15) is 15.6 Å². The fraction of sp³-hybridized carbons (Fsp3) is 0.440. The number of piperidine rings is 1. The van der Waals surface area contributed by atoms with E-state index in [0.29, 0.717) is 16.0 Å². The van der Waals surface area contributed by atoms with Crippen molar-refractivity contribution in [1.29, 1.82) is 0 Å². The third-order valence-corrected chi connectivity index (χ3v) is 10.00. The van der Waals surface area contributed by atoms with Gasteiger partial charge in [-0.1, -0.05) is 47.6 Å². The van der Waals surface area contributed by atoms with Crippen LogP contribution in [-0.4, -0.2) is 42.6 Å². The molecule has 2 aromatic heterocycles. The Hall–Kier alpha value is -2.11. The van der Waals surface area contributed by atoms with E-state index in [0.717, 1.165) is 37.2 Å². The van der Waals surface area contributed by atoms with Crippen LogP contribution in [0.5, 0.6) is 0 Å². The van der Waals surface area contributed by atoms with Gasteiger partial charge in [0.25, 0.3) is 0 Å². The van der Waals surface area contributed by atoms with Crippen LogP contribution < -0.4 is 15.4 Å². The van der Waals surface area contributed by atoms with Crippen LogP contribution in [0, 0.1) is 5.41 Å². The average Bonchev–Trinajstić information content (AvgIpc) is 3.15. The van der Waals surface area contributed by atoms with Crippen molar-refractivity contribution in [3.8, 4) is 0 Å². The van der Waals surface area contributed by atoms with E-state index in [-0.39, 0.29) is 22.0 Å². The van der Waals surface area contributed by atoms with E-state index in [4.69, 9.17) is 17.3 Å². The van der Waals surface area contributed by atoms with E-state index >= 15 is 0 Å². The molecule has 1 saturated heterocycles. The van der Waals surface area contributed by atoms with Crippen LogP contribution in [0.1, 0.15) is 50.8 Å². The van der Waals surface area contributed by atoms with Gasteiger partial charge in [-0.2, -0.15) is 0 Å². The molecule has 2 atom stereocenters. The second-order valence-electron chi connectivity index (χ2n) is 10.4. The first-order valence-electron chi connectivity index (χ1n) is 11.9. The van der Waals surface area contributed by atoms with Gasteiger partial charge in [0.15, 0.2) is 0 Å². The number of fused-ring (bicyclic) bond motifs is 1. The number of nitrogens with one attached hydrogen (secondary N) is 1. The number of rotatable bonds is 5. The molecule has 0 radical (unpaired) electrons. The van der Waals surface area contributed by atoms with Crippen molar-refractivity contribution < 1.29 is 4.55 Å². The lowest BCUT2D eigenvalue weighted by Gasteiger charge is -2.43. The van der Waals surface area contributed by atoms with Crippen LogP contribution in [0.2, 0.25) is 5.02 Å². The zero-order chi connectivity index (χ0) is 25.5. The third-order valence-electron chi connectivity index (χ3n) is 6.97. The van der Waals surface area contributed by atoms with Crippen molar-refractivity contribution in [2.75, 3.05) is 23.7 Å². The molecule has 0 amide bonds. The number of nitrogens with zero attached hydrogens (tertiary/aromatic N) is 5. The molecular weight excluding hydrogens is 514 g/mol. The third kappa shape index (κ3) is 5.02. The molecule has 8 nitrogen and oxygen atoms in total. The Morgan fingerprint density at radius 1 is 1.17 bits per heavy atom. The number of anilines is 2. The first-order valence-corrected chi connectivity index (χ1v) is 14.3. The number of aromatic nitrogens is 4. The summed E-state index contributed by atoms with van der Waals surface area (Å²) >= 11 is 6.45. The number of halogens is 1. The zero-order valence-corrected chi connectivity index (χ0v) is 23.0. The van der Waals surface area contributed by atoms with Crippen molar-refractivity contribution in [3.63, 3.8) is 0 Å². The second kappa shape index (κ2) is 9.98. The standard InChI is InChI=1S/C25H30ClN7OS2/c1-24(2,3)36(34)32-21-17-7-5-4-6-16(17)14-25(21)9-12-33(13-10-25)23-29-15-19(30-31-23)35-18-8-11-28-22(27)20(18)26/h4-8,11,15,21,32H,9-10,12-14H2,1-3H3,(H2,27,28)/t21-,36?/m1/s1. The number of hydrogen-bond acceptors (Lipinski definition) is 9. The molecular formula is C25H30ClN7OS2. The van der Waals surface area contributed by atoms with Crippen molar-refractivity contribution in [2.24, 2.45) is 5.41 Å². The molecule has 3 aromatic rings. The lowest BCUT2D eigenvalue weighted by molar-refractivity contribution is 0.175. The highest BCUT2D eigenvalue weighted by atomic mass is 35.5. The Labute approximate surface area is 224 Å². The fourth-order valence-electron chi connectivity index (χ4n) is 4.96. The second-order valence-corrected chi connectivity index (χ2v) is 13.8. The fourth-order valence-corrected chi connectivity index (χ4v) is 6.87. The van der Waals surface area contributed by atoms with Crippen molar-refractivity contribution in [1.82, 2.24) is 24.9 Å². The van der Waals surface area contributed by atoms with E-state index in [9.17, 15) is 4.55 Å². The summed E-state index contributed by atoms with van der Waals surface area (Å²) in [6, 6.07) is 10.4. The molecule has 0 bridgehead atoms. The molecule has 1 spiro atoms. The Balaban J connectivity index is 1.29. The quantitative estimate of drug-likeness (QED) is 0.445. The van der Waals surface area contributed by atoms with Gasteiger partial charge in [0, 0.05) is 41.0 Å². The van der Waals surface area contributed by atoms with Crippen LogP contribution >= 0.6 is 23.4 Å². The summed E-state index contributed by atoms with van der Waals surface area (Å²) in [6.07, 6.45) is 6.22. The van der Waals surface area contributed by atoms with E-state index in [1.165, 1.54) is 22.9 Å². The molecule has 11 heteroatoms. The van der Waals surface area contributed by atoms with Crippen LogP contribution in [0.15, 0.2) is 52.6 Å². The van der Waals surface area contributed by atoms with Crippen molar-refractivity contribution in [3.05, 3.63) is 58.9 Å². The number of nitrogen functional groups attached to an aromatic ring is 1. The lowest BCUT2D eigenvalue weighted by Crippen LogP contribution is -2.50. The monoisotopic (exact) mass is 543 g/mol. The zero-order valence-electron chi connectivity index (χ0n) is 20.6. The summed E-state index contributed by atoms with van der Waals surface area (Å²) in [7, 11) is 0. The van der Waals surface area contributed by atoms with E-state index < -0.39 is 11.4 Å². The largest absolute Gasteiger partial charge is 0.598 e. The summed E-state index contributed by atoms with van der Waals surface area (Å²) in [4.78, 5) is 11.5. The Bertz CT molecular complexity index is 1230. The molecule has 1 aliphatic carbocycles. The van der Waals surface area contributed by atoms with Gasteiger partial charge in [0.05, 0.1) is 17.3 Å². The summed E-state index contributed by atoms with van der Waals surface area (Å²) in [6.45, 7) is 7.66. The van der Waals surface area contributed by atoms with Crippen LogP contribution in [0.3, 0.4) is 0 Å². The minimum absolute atomic E-state index is 0.0162. The predicted octanol–water partition coefficient (Wildman–Crippen LogP) is 4.59. The minimum Gasteiger partial charge on any atom is -0.598 e. The first-order chi connectivity index (χ1) is 17.2. The van der Waals surface area contributed by atoms with Gasteiger partial charge in [-0.05, 0) is 57.2 Å². The van der Waals surface area contributed by atoms with Crippen LogP contribution in [0.4, 0.5) is 11.8 Å². The molecule has 3 N–H and O–H groups in total. The predicted molar refractivity (Wildman–Crippen MR) is 145 cm³/mol. The SMILES string of the molecule is CC(C)(C)[S+]([O-])N[C@@H]1c2ccccc2CC12CCN(c1ncc(Sc3ccnc(N)c3Cl)nn1)CC2. The van der Waals surface area contributed by atoms with Gasteiger partial charge in [-0.15, -0.1) is 14.9 Å². The average molecular weight is 544 g/mol. The highest BCUT2D eigenvalue weighted by Crippen LogP contribution is 2.52. The number of hydrogen-bond donors (Lipinski definition) is 2.